The maximum absolute atomic E-state index is 12.3. The van der Waals surface area contributed by atoms with Gasteiger partial charge >= 0.3 is 0 Å². The fourth-order valence-electron chi connectivity index (χ4n) is 2.31. The molecule has 1 N–H and O–H groups in total. The third-order valence-electron chi connectivity index (χ3n) is 3.62. The maximum atomic E-state index is 12.3. The second-order valence-corrected chi connectivity index (χ2v) is 5.27. The second-order valence-electron chi connectivity index (χ2n) is 5.27. The molecular weight excluding hydrogens is 268 g/mol. The Morgan fingerprint density at radius 1 is 1.38 bits per heavy atom. The van der Waals surface area contributed by atoms with E-state index in [0.29, 0.717) is 11.6 Å². The van der Waals surface area contributed by atoms with Crippen LogP contribution in [0.3, 0.4) is 0 Å². The standard InChI is InChI=1S/C14H18N6O/c1-3-20-13(17-8-18-20)12(10-4-5-10)19-14(21)11-7-15-9(2)6-16-11/h6-8,10,12H,3-5H2,1-2H3,(H,19,21)/t12-/m1/s1. The third-order valence-corrected chi connectivity index (χ3v) is 3.62. The van der Waals surface area contributed by atoms with Gasteiger partial charge in [-0.25, -0.2) is 14.6 Å². The van der Waals surface area contributed by atoms with Crippen LogP contribution in [-0.4, -0.2) is 30.6 Å². The minimum absolute atomic E-state index is 0.108. The quantitative estimate of drug-likeness (QED) is 0.894. The van der Waals surface area contributed by atoms with Gasteiger partial charge in [0.25, 0.3) is 5.91 Å². The number of rotatable bonds is 5. The van der Waals surface area contributed by atoms with Crippen molar-refractivity contribution >= 4 is 5.91 Å². The van der Waals surface area contributed by atoms with Crippen molar-refractivity contribution in [2.45, 2.75) is 39.3 Å². The van der Waals surface area contributed by atoms with Crippen LogP contribution in [0, 0.1) is 12.8 Å². The number of nitrogens with zero attached hydrogens (tertiary/aromatic N) is 5. The molecule has 7 nitrogen and oxygen atoms in total. The lowest BCUT2D eigenvalue weighted by Gasteiger charge is -2.17. The van der Waals surface area contributed by atoms with Crippen LogP contribution in [0.2, 0.25) is 0 Å². The van der Waals surface area contributed by atoms with E-state index in [0.717, 1.165) is 30.9 Å². The molecule has 1 fully saturated rings. The summed E-state index contributed by atoms with van der Waals surface area (Å²) in [6, 6.07) is -0.108. The van der Waals surface area contributed by atoms with Crippen molar-refractivity contribution < 1.29 is 4.79 Å². The number of aryl methyl sites for hydroxylation is 2. The lowest BCUT2D eigenvalue weighted by atomic mass is 10.1. The van der Waals surface area contributed by atoms with Crippen molar-refractivity contribution in [2.75, 3.05) is 0 Å². The van der Waals surface area contributed by atoms with Crippen LogP contribution in [0.5, 0.6) is 0 Å². The molecule has 0 unspecified atom stereocenters. The van der Waals surface area contributed by atoms with E-state index >= 15 is 0 Å². The first-order chi connectivity index (χ1) is 10.2. The molecule has 0 radical (unpaired) electrons. The summed E-state index contributed by atoms with van der Waals surface area (Å²) in [5.74, 6) is 1.03. The minimum Gasteiger partial charge on any atom is -0.340 e. The van der Waals surface area contributed by atoms with Crippen molar-refractivity contribution in [3.63, 3.8) is 0 Å². The Labute approximate surface area is 122 Å². The molecule has 0 aliphatic heterocycles. The Morgan fingerprint density at radius 3 is 2.81 bits per heavy atom. The summed E-state index contributed by atoms with van der Waals surface area (Å²) >= 11 is 0. The van der Waals surface area contributed by atoms with Gasteiger partial charge in [-0.1, -0.05) is 0 Å². The van der Waals surface area contributed by atoms with E-state index in [2.05, 4.69) is 25.4 Å². The summed E-state index contributed by atoms with van der Waals surface area (Å²) in [5, 5.41) is 7.21. The molecule has 2 aromatic heterocycles. The van der Waals surface area contributed by atoms with Gasteiger partial charge in [-0.2, -0.15) is 5.10 Å². The number of hydrogen-bond acceptors (Lipinski definition) is 5. The Balaban J connectivity index is 1.79. The van der Waals surface area contributed by atoms with Crippen molar-refractivity contribution in [1.29, 1.82) is 0 Å². The molecule has 1 saturated carbocycles. The van der Waals surface area contributed by atoms with E-state index in [1.807, 2.05) is 18.5 Å². The molecule has 3 rings (SSSR count). The number of nitrogens with one attached hydrogen (secondary N) is 1. The Hall–Kier alpha value is -2.31. The number of aromatic nitrogens is 5. The average molecular weight is 286 g/mol. The largest absolute Gasteiger partial charge is 0.340 e. The molecule has 0 aromatic carbocycles. The van der Waals surface area contributed by atoms with Gasteiger partial charge in [-0.05, 0) is 32.6 Å². The molecule has 0 bridgehead atoms. The molecule has 2 heterocycles. The van der Waals surface area contributed by atoms with Crippen LogP contribution < -0.4 is 5.32 Å². The zero-order valence-corrected chi connectivity index (χ0v) is 12.2. The summed E-state index contributed by atoms with van der Waals surface area (Å²) in [7, 11) is 0. The van der Waals surface area contributed by atoms with Crippen molar-refractivity contribution in [3.8, 4) is 0 Å². The summed E-state index contributed by atoms with van der Waals surface area (Å²) in [6.45, 7) is 4.58. The lowest BCUT2D eigenvalue weighted by Crippen LogP contribution is -2.32. The van der Waals surface area contributed by atoms with Crippen LogP contribution >= 0.6 is 0 Å². The predicted molar refractivity (Wildman–Crippen MR) is 75.4 cm³/mol. The number of amides is 1. The first kappa shape index (κ1) is 13.7. The molecule has 110 valence electrons. The molecule has 1 aliphatic carbocycles. The van der Waals surface area contributed by atoms with Gasteiger partial charge in [0.05, 0.1) is 17.9 Å². The van der Waals surface area contributed by atoms with Gasteiger partial charge in [0.2, 0.25) is 0 Å². The molecule has 1 aliphatic rings. The zero-order valence-electron chi connectivity index (χ0n) is 12.2. The Morgan fingerprint density at radius 2 is 2.19 bits per heavy atom. The minimum atomic E-state index is -0.218. The number of carbonyl (C=O) groups is 1. The molecule has 0 spiro atoms. The summed E-state index contributed by atoms with van der Waals surface area (Å²) in [5.41, 5.74) is 1.12. The van der Waals surface area contributed by atoms with E-state index in [1.165, 1.54) is 12.5 Å². The van der Waals surface area contributed by atoms with Gasteiger partial charge in [0, 0.05) is 12.7 Å². The molecular formula is C14H18N6O. The van der Waals surface area contributed by atoms with E-state index in [-0.39, 0.29) is 11.9 Å². The first-order valence-electron chi connectivity index (χ1n) is 7.16. The lowest BCUT2D eigenvalue weighted by molar-refractivity contribution is 0.0923. The summed E-state index contributed by atoms with van der Waals surface area (Å²) in [4.78, 5) is 24.9. The van der Waals surface area contributed by atoms with Gasteiger partial charge in [0.15, 0.2) is 0 Å². The van der Waals surface area contributed by atoms with Crippen LogP contribution in [-0.2, 0) is 6.54 Å². The van der Waals surface area contributed by atoms with Gasteiger partial charge < -0.3 is 5.32 Å². The van der Waals surface area contributed by atoms with E-state index in [9.17, 15) is 4.79 Å². The van der Waals surface area contributed by atoms with E-state index in [4.69, 9.17) is 0 Å². The fourth-order valence-corrected chi connectivity index (χ4v) is 2.31. The topological polar surface area (TPSA) is 85.6 Å². The van der Waals surface area contributed by atoms with E-state index in [1.54, 1.807) is 6.20 Å². The number of hydrogen-bond donors (Lipinski definition) is 1. The van der Waals surface area contributed by atoms with Crippen molar-refractivity contribution in [1.82, 2.24) is 30.0 Å². The average Bonchev–Trinajstić information content (AvgIpc) is 3.22. The highest BCUT2D eigenvalue weighted by molar-refractivity contribution is 5.92. The number of carbonyl (C=O) groups excluding carboxylic acids is 1. The summed E-state index contributed by atoms with van der Waals surface area (Å²) < 4.78 is 1.82. The van der Waals surface area contributed by atoms with Gasteiger partial charge in [-0.15, -0.1) is 0 Å². The highest BCUT2D eigenvalue weighted by Crippen LogP contribution is 2.40. The SMILES string of the molecule is CCn1ncnc1[C@H](NC(=O)c1cnc(C)cn1)C1CC1. The Bertz CT molecular complexity index is 631. The monoisotopic (exact) mass is 286 g/mol. The van der Waals surface area contributed by atoms with Crippen LogP contribution in [0.4, 0.5) is 0 Å². The fraction of sp³-hybridized carbons (Fsp3) is 0.500. The van der Waals surface area contributed by atoms with Crippen LogP contribution in [0.15, 0.2) is 18.7 Å². The molecule has 0 saturated heterocycles. The van der Waals surface area contributed by atoms with Crippen LogP contribution in [0.1, 0.15) is 47.8 Å². The van der Waals surface area contributed by atoms with E-state index < -0.39 is 0 Å². The summed E-state index contributed by atoms with van der Waals surface area (Å²) in [6.07, 6.45) is 6.82. The molecule has 1 atom stereocenters. The zero-order chi connectivity index (χ0) is 14.8. The third kappa shape index (κ3) is 2.91. The normalized spacial score (nSPS) is 15.7. The maximum Gasteiger partial charge on any atom is 0.272 e. The smallest absolute Gasteiger partial charge is 0.272 e. The first-order valence-corrected chi connectivity index (χ1v) is 7.16. The van der Waals surface area contributed by atoms with Gasteiger partial charge in [-0.3, -0.25) is 9.78 Å². The highest BCUT2D eigenvalue weighted by atomic mass is 16.2. The Kier molecular flexibility index (Phi) is 3.64. The molecule has 7 heteroatoms. The molecule has 2 aromatic rings. The van der Waals surface area contributed by atoms with Crippen molar-refractivity contribution in [3.05, 3.63) is 35.9 Å². The molecule has 1 amide bonds. The van der Waals surface area contributed by atoms with Crippen molar-refractivity contribution in [2.24, 2.45) is 5.92 Å². The van der Waals surface area contributed by atoms with Crippen LogP contribution in [0.25, 0.3) is 0 Å². The van der Waals surface area contributed by atoms with Gasteiger partial charge in [0.1, 0.15) is 17.8 Å². The second kappa shape index (κ2) is 5.59. The predicted octanol–water partition coefficient (Wildman–Crippen LogP) is 1.28. The highest BCUT2D eigenvalue weighted by Gasteiger charge is 2.36. The molecule has 21 heavy (non-hydrogen) atoms.